The molecule has 2 unspecified atom stereocenters. The average Bonchev–Trinajstić information content (AvgIpc) is 2.28. The number of unbranched alkanes of at least 4 members (excludes halogenated alkanes) is 3. The van der Waals surface area contributed by atoms with Crippen LogP contribution in [0.15, 0.2) is 0 Å². The highest BCUT2D eigenvalue weighted by Gasteiger charge is 2.28. The summed E-state index contributed by atoms with van der Waals surface area (Å²) in [7, 11) is 3.15. The van der Waals surface area contributed by atoms with Crippen LogP contribution in [0, 0.1) is 5.92 Å². The van der Waals surface area contributed by atoms with E-state index in [-0.39, 0.29) is 0 Å². The summed E-state index contributed by atoms with van der Waals surface area (Å²) in [5.41, 5.74) is 0. The van der Waals surface area contributed by atoms with Gasteiger partial charge in [-0.3, -0.25) is 0 Å². The Labute approximate surface area is 99.8 Å². The van der Waals surface area contributed by atoms with Crippen molar-refractivity contribution < 1.29 is 0 Å². The van der Waals surface area contributed by atoms with Gasteiger partial charge in [-0.2, -0.15) is 0 Å². The number of hydrogen-bond acceptors (Lipinski definition) is 0. The topological polar surface area (TPSA) is 0 Å². The molecule has 0 rings (SSSR count). The van der Waals surface area contributed by atoms with E-state index in [1.807, 2.05) is 0 Å². The van der Waals surface area contributed by atoms with Crippen LogP contribution in [0.25, 0.3) is 0 Å². The lowest BCUT2D eigenvalue weighted by molar-refractivity contribution is 0.314. The molecule has 0 aliphatic heterocycles. The zero-order chi connectivity index (χ0) is 11.7. The zero-order valence-corrected chi connectivity index (χ0v) is 12.5. The standard InChI is InChI=1S/C14H31P/c1-5-9-10-11-12-13(6-2)14(15,7-3)8-4/h13H,5-12,15H2,1-4H3. The molecule has 0 aromatic rings. The summed E-state index contributed by atoms with van der Waals surface area (Å²) in [4.78, 5) is 0. The molecule has 0 saturated carbocycles. The largest absolute Gasteiger partial charge is 0.131 e. The molecule has 0 fully saturated rings. The van der Waals surface area contributed by atoms with E-state index in [0.717, 1.165) is 5.92 Å². The molecule has 0 amide bonds. The van der Waals surface area contributed by atoms with Gasteiger partial charge in [0.1, 0.15) is 0 Å². The first-order valence-electron chi connectivity index (χ1n) is 6.93. The van der Waals surface area contributed by atoms with Gasteiger partial charge in [-0.25, -0.2) is 0 Å². The maximum absolute atomic E-state index is 3.15. The van der Waals surface area contributed by atoms with Gasteiger partial charge in [0.25, 0.3) is 0 Å². The average molecular weight is 230 g/mol. The van der Waals surface area contributed by atoms with Gasteiger partial charge >= 0.3 is 0 Å². The summed E-state index contributed by atoms with van der Waals surface area (Å²) < 4.78 is 0. The van der Waals surface area contributed by atoms with Crippen LogP contribution >= 0.6 is 9.24 Å². The molecule has 0 aliphatic rings. The van der Waals surface area contributed by atoms with Gasteiger partial charge in [0.2, 0.25) is 0 Å². The van der Waals surface area contributed by atoms with Gasteiger partial charge < -0.3 is 0 Å². The van der Waals surface area contributed by atoms with Crippen LogP contribution in [0.2, 0.25) is 0 Å². The molecule has 0 nitrogen and oxygen atoms in total. The van der Waals surface area contributed by atoms with Crippen molar-refractivity contribution in [2.75, 3.05) is 0 Å². The Bertz CT molecular complexity index is 138. The Morgan fingerprint density at radius 3 is 1.93 bits per heavy atom. The molecular weight excluding hydrogens is 199 g/mol. The monoisotopic (exact) mass is 230 g/mol. The molecule has 0 heterocycles. The zero-order valence-electron chi connectivity index (χ0n) is 11.3. The fraction of sp³-hybridized carbons (Fsp3) is 1.00. The third-order valence-electron chi connectivity index (χ3n) is 4.03. The van der Waals surface area contributed by atoms with Crippen LogP contribution in [0.4, 0.5) is 0 Å². The van der Waals surface area contributed by atoms with E-state index >= 15 is 0 Å². The summed E-state index contributed by atoms with van der Waals surface area (Å²) in [6.45, 7) is 9.32. The first kappa shape index (κ1) is 15.4. The highest BCUT2D eigenvalue weighted by Crippen LogP contribution is 2.39. The third kappa shape index (κ3) is 5.34. The molecule has 0 aromatic carbocycles. The van der Waals surface area contributed by atoms with Crippen LogP contribution in [0.3, 0.4) is 0 Å². The Balaban J connectivity index is 3.99. The molecule has 0 aliphatic carbocycles. The van der Waals surface area contributed by atoms with E-state index in [4.69, 9.17) is 0 Å². The normalized spacial score (nSPS) is 14.2. The summed E-state index contributed by atoms with van der Waals surface area (Å²) >= 11 is 0. The van der Waals surface area contributed by atoms with Gasteiger partial charge in [-0.15, -0.1) is 9.24 Å². The molecule has 15 heavy (non-hydrogen) atoms. The van der Waals surface area contributed by atoms with Gasteiger partial charge in [-0.05, 0) is 30.3 Å². The van der Waals surface area contributed by atoms with E-state index in [1.54, 1.807) is 0 Å². The predicted molar refractivity (Wildman–Crippen MR) is 75.6 cm³/mol. The van der Waals surface area contributed by atoms with Crippen LogP contribution in [-0.4, -0.2) is 5.16 Å². The highest BCUT2D eigenvalue weighted by molar-refractivity contribution is 7.19. The van der Waals surface area contributed by atoms with Crippen LogP contribution in [-0.2, 0) is 0 Å². The quantitative estimate of drug-likeness (QED) is 0.366. The molecule has 0 N–H and O–H groups in total. The van der Waals surface area contributed by atoms with Crippen molar-refractivity contribution in [1.29, 1.82) is 0 Å². The molecule has 1 heteroatoms. The minimum Gasteiger partial charge on any atom is -0.131 e. The van der Waals surface area contributed by atoms with E-state index in [2.05, 4.69) is 36.9 Å². The lowest BCUT2D eigenvalue weighted by Gasteiger charge is -2.36. The molecule has 0 saturated heterocycles. The summed E-state index contributed by atoms with van der Waals surface area (Å²) in [6, 6.07) is 0. The van der Waals surface area contributed by atoms with Crippen molar-refractivity contribution in [3.8, 4) is 0 Å². The van der Waals surface area contributed by atoms with E-state index < -0.39 is 0 Å². The van der Waals surface area contributed by atoms with Crippen molar-refractivity contribution in [1.82, 2.24) is 0 Å². The maximum atomic E-state index is 3.15. The highest BCUT2D eigenvalue weighted by atomic mass is 31.0. The van der Waals surface area contributed by atoms with E-state index in [9.17, 15) is 0 Å². The molecule has 92 valence electrons. The van der Waals surface area contributed by atoms with Crippen molar-refractivity contribution in [2.24, 2.45) is 5.92 Å². The van der Waals surface area contributed by atoms with Gasteiger partial charge in [0.15, 0.2) is 0 Å². The predicted octanol–water partition coefficient (Wildman–Crippen LogP) is 5.42. The second-order valence-electron chi connectivity index (χ2n) is 4.89. The van der Waals surface area contributed by atoms with Crippen molar-refractivity contribution in [3.63, 3.8) is 0 Å². The fourth-order valence-corrected chi connectivity index (χ4v) is 2.95. The Kier molecular flexibility index (Phi) is 8.81. The summed E-state index contributed by atoms with van der Waals surface area (Å²) in [5.74, 6) is 0.911. The fourth-order valence-electron chi connectivity index (χ4n) is 2.54. The van der Waals surface area contributed by atoms with Gasteiger partial charge in [0.05, 0.1) is 0 Å². The molecule has 0 bridgehead atoms. The van der Waals surface area contributed by atoms with Gasteiger partial charge in [0, 0.05) is 0 Å². The second kappa shape index (κ2) is 8.57. The Morgan fingerprint density at radius 1 is 0.933 bits per heavy atom. The lowest BCUT2D eigenvalue weighted by atomic mass is 9.81. The Hall–Kier alpha value is 0.430. The number of hydrogen-bond donors (Lipinski definition) is 0. The smallest absolute Gasteiger partial charge is 0.0127 e. The van der Waals surface area contributed by atoms with E-state index in [0.29, 0.717) is 5.16 Å². The van der Waals surface area contributed by atoms with Crippen LogP contribution in [0.5, 0.6) is 0 Å². The third-order valence-corrected chi connectivity index (χ3v) is 5.32. The summed E-state index contributed by atoms with van der Waals surface area (Å²) in [5, 5.41) is 0.515. The minimum absolute atomic E-state index is 0.515. The van der Waals surface area contributed by atoms with Crippen molar-refractivity contribution >= 4 is 9.24 Å². The van der Waals surface area contributed by atoms with Crippen molar-refractivity contribution in [3.05, 3.63) is 0 Å². The molecule has 0 spiro atoms. The second-order valence-corrected chi connectivity index (χ2v) is 6.04. The summed E-state index contributed by atoms with van der Waals surface area (Å²) in [6.07, 6.45) is 11.0. The molecule has 0 aromatic heterocycles. The molecule has 2 atom stereocenters. The Morgan fingerprint density at radius 2 is 1.53 bits per heavy atom. The van der Waals surface area contributed by atoms with E-state index in [1.165, 1.54) is 51.4 Å². The van der Waals surface area contributed by atoms with Crippen LogP contribution in [0.1, 0.15) is 79.1 Å². The SMILES string of the molecule is CCCCCCC(CC)C(P)(CC)CC. The maximum Gasteiger partial charge on any atom is -0.0127 e. The van der Waals surface area contributed by atoms with Crippen molar-refractivity contribution in [2.45, 2.75) is 84.2 Å². The molecular formula is C14H31P. The molecule has 0 radical (unpaired) electrons. The lowest BCUT2D eigenvalue weighted by Crippen LogP contribution is -2.29. The van der Waals surface area contributed by atoms with Gasteiger partial charge in [-0.1, -0.05) is 59.8 Å². The first-order chi connectivity index (χ1) is 7.14. The minimum atomic E-state index is 0.515. The first-order valence-corrected chi connectivity index (χ1v) is 7.51. The number of rotatable bonds is 9. The van der Waals surface area contributed by atoms with Crippen LogP contribution < -0.4 is 0 Å².